The van der Waals surface area contributed by atoms with Crippen LogP contribution in [-0.4, -0.2) is 30.7 Å². The lowest BCUT2D eigenvalue weighted by molar-refractivity contribution is -0.00964. The monoisotopic (exact) mass is 216 g/mol. The van der Waals surface area contributed by atoms with Gasteiger partial charge in [-0.05, 0) is 5.56 Å². The van der Waals surface area contributed by atoms with Gasteiger partial charge in [0.15, 0.2) is 0 Å². The zero-order valence-electron chi connectivity index (χ0n) is 9.30. The number of ether oxygens (including phenoxy) is 1. The van der Waals surface area contributed by atoms with Crippen LogP contribution in [-0.2, 0) is 11.3 Å². The van der Waals surface area contributed by atoms with Gasteiger partial charge in [0, 0.05) is 19.1 Å². The molecule has 0 radical (unpaired) electrons. The Morgan fingerprint density at radius 2 is 2.19 bits per heavy atom. The summed E-state index contributed by atoms with van der Waals surface area (Å²) >= 11 is 0. The molecule has 1 heterocycles. The van der Waals surface area contributed by atoms with Crippen LogP contribution in [0, 0.1) is 11.3 Å². The molecule has 0 spiro atoms. The summed E-state index contributed by atoms with van der Waals surface area (Å²) in [5.74, 6) is 0. The predicted molar refractivity (Wildman–Crippen MR) is 61.7 cm³/mol. The second kappa shape index (κ2) is 5.64. The van der Waals surface area contributed by atoms with Crippen molar-refractivity contribution in [3.8, 4) is 6.07 Å². The summed E-state index contributed by atoms with van der Waals surface area (Å²) < 4.78 is 5.41. The minimum atomic E-state index is 0.249. The van der Waals surface area contributed by atoms with Gasteiger partial charge in [0.2, 0.25) is 0 Å². The van der Waals surface area contributed by atoms with E-state index >= 15 is 0 Å². The standard InChI is InChI=1S/C13H16N2O/c14-7-6-13-11-16-9-8-15(13)10-12-4-2-1-3-5-12/h1-5,13H,6,8-11H2/t13-/m0/s1. The highest BCUT2D eigenvalue weighted by Crippen LogP contribution is 2.14. The highest BCUT2D eigenvalue weighted by molar-refractivity contribution is 5.14. The van der Waals surface area contributed by atoms with Gasteiger partial charge in [-0.1, -0.05) is 30.3 Å². The largest absolute Gasteiger partial charge is 0.378 e. The van der Waals surface area contributed by atoms with Crippen LogP contribution in [0.4, 0.5) is 0 Å². The molecule has 1 saturated heterocycles. The maximum Gasteiger partial charge on any atom is 0.0639 e. The molecule has 3 heteroatoms. The Morgan fingerprint density at radius 1 is 1.38 bits per heavy atom. The van der Waals surface area contributed by atoms with Crippen LogP contribution in [0.3, 0.4) is 0 Å². The fourth-order valence-corrected chi connectivity index (χ4v) is 2.01. The van der Waals surface area contributed by atoms with Gasteiger partial charge in [0.1, 0.15) is 0 Å². The molecule has 0 bridgehead atoms. The molecule has 1 aliphatic heterocycles. The van der Waals surface area contributed by atoms with Crippen molar-refractivity contribution in [1.82, 2.24) is 4.90 Å². The quantitative estimate of drug-likeness (QED) is 0.773. The van der Waals surface area contributed by atoms with Crippen molar-refractivity contribution >= 4 is 0 Å². The van der Waals surface area contributed by atoms with Crippen molar-refractivity contribution in [2.45, 2.75) is 19.0 Å². The van der Waals surface area contributed by atoms with E-state index in [1.807, 2.05) is 6.07 Å². The Labute approximate surface area is 96.2 Å². The molecule has 16 heavy (non-hydrogen) atoms. The van der Waals surface area contributed by atoms with Crippen LogP contribution in [0.25, 0.3) is 0 Å². The highest BCUT2D eigenvalue weighted by atomic mass is 16.5. The van der Waals surface area contributed by atoms with Gasteiger partial charge in [-0.25, -0.2) is 0 Å². The SMILES string of the molecule is N#CC[C@H]1COCCN1Cc1ccccc1. The van der Waals surface area contributed by atoms with Crippen molar-refractivity contribution < 1.29 is 4.74 Å². The molecule has 3 nitrogen and oxygen atoms in total. The second-order valence-electron chi connectivity index (χ2n) is 4.05. The van der Waals surface area contributed by atoms with Gasteiger partial charge >= 0.3 is 0 Å². The number of rotatable bonds is 3. The predicted octanol–water partition coefficient (Wildman–Crippen LogP) is 1.80. The first kappa shape index (κ1) is 11.1. The summed E-state index contributed by atoms with van der Waals surface area (Å²) in [6.07, 6.45) is 0.548. The molecule has 84 valence electrons. The van der Waals surface area contributed by atoms with Crippen LogP contribution in [0.2, 0.25) is 0 Å². The van der Waals surface area contributed by atoms with Crippen molar-refractivity contribution in [3.05, 3.63) is 35.9 Å². The molecule has 1 aromatic carbocycles. The van der Waals surface area contributed by atoms with E-state index in [9.17, 15) is 0 Å². The summed E-state index contributed by atoms with van der Waals surface area (Å²) in [6.45, 7) is 3.28. The fraction of sp³-hybridized carbons (Fsp3) is 0.462. The number of morpholine rings is 1. The molecule has 0 amide bonds. The average molecular weight is 216 g/mol. The maximum atomic E-state index is 8.77. The van der Waals surface area contributed by atoms with E-state index in [1.165, 1.54) is 5.56 Å². The molecule has 1 aliphatic rings. The Morgan fingerprint density at radius 3 is 2.94 bits per heavy atom. The zero-order chi connectivity index (χ0) is 11.2. The first-order chi connectivity index (χ1) is 7.90. The van der Waals surface area contributed by atoms with Gasteiger partial charge in [-0.3, -0.25) is 4.90 Å². The molecule has 0 aliphatic carbocycles. The van der Waals surface area contributed by atoms with Crippen molar-refractivity contribution in [2.24, 2.45) is 0 Å². The highest BCUT2D eigenvalue weighted by Gasteiger charge is 2.22. The molecule has 2 rings (SSSR count). The van der Waals surface area contributed by atoms with E-state index in [-0.39, 0.29) is 6.04 Å². The third kappa shape index (κ3) is 2.82. The van der Waals surface area contributed by atoms with Crippen LogP contribution < -0.4 is 0 Å². The molecule has 1 fully saturated rings. The minimum Gasteiger partial charge on any atom is -0.378 e. The van der Waals surface area contributed by atoms with E-state index in [1.54, 1.807) is 0 Å². The molecular weight excluding hydrogens is 200 g/mol. The lowest BCUT2D eigenvalue weighted by atomic mass is 10.1. The number of nitrogens with zero attached hydrogens (tertiary/aromatic N) is 2. The van der Waals surface area contributed by atoms with Gasteiger partial charge in [0.05, 0.1) is 25.7 Å². The van der Waals surface area contributed by atoms with Gasteiger partial charge < -0.3 is 4.74 Å². The summed E-state index contributed by atoms with van der Waals surface area (Å²) in [5.41, 5.74) is 1.30. The summed E-state index contributed by atoms with van der Waals surface area (Å²) in [6, 6.07) is 12.9. The summed E-state index contributed by atoms with van der Waals surface area (Å²) in [7, 11) is 0. The Bertz CT molecular complexity index is 358. The van der Waals surface area contributed by atoms with E-state index in [0.717, 1.165) is 19.7 Å². The van der Waals surface area contributed by atoms with Crippen LogP contribution in [0.15, 0.2) is 30.3 Å². The Kier molecular flexibility index (Phi) is 3.92. The third-order valence-electron chi connectivity index (χ3n) is 2.90. The molecule has 0 unspecified atom stereocenters. The third-order valence-corrected chi connectivity index (χ3v) is 2.90. The maximum absolute atomic E-state index is 8.77. The van der Waals surface area contributed by atoms with Gasteiger partial charge in [0.25, 0.3) is 0 Å². The number of hydrogen-bond donors (Lipinski definition) is 0. The fourth-order valence-electron chi connectivity index (χ4n) is 2.01. The van der Waals surface area contributed by atoms with Gasteiger partial charge in [-0.2, -0.15) is 5.26 Å². The van der Waals surface area contributed by atoms with Crippen molar-refractivity contribution in [1.29, 1.82) is 5.26 Å². The van der Waals surface area contributed by atoms with Gasteiger partial charge in [-0.15, -0.1) is 0 Å². The number of nitriles is 1. The zero-order valence-corrected chi connectivity index (χ0v) is 9.30. The number of hydrogen-bond acceptors (Lipinski definition) is 3. The molecule has 0 N–H and O–H groups in total. The molecular formula is C13H16N2O. The lowest BCUT2D eigenvalue weighted by Crippen LogP contribution is -2.44. The minimum absolute atomic E-state index is 0.249. The normalized spacial score (nSPS) is 21.6. The van der Waals surface area contributed by atoms with E-state index in [4.69, 9.17) is 10.00 Å². The van der Waals surface area contributed by atoms with Crippen LogP contribution in [0.1, 0.15) is 12.0 Å². The average Bonchev–Trinajstić information content (AvgIpc) is 2.33. The molecule has 1 atom stereocenters. The molecule has 1 aromatic rings. The van der Waals surface area contributed by atoms with Crippen molar-refractivity contribution in [3.63, 3.8) is 0 Å². The summed E-state index contributed by atoms with van der Waals surface area (Å²) in [5, 5.41) is 8.77. The smallest absolute Gasteiger partial charge is 0.0639 e. The number of benzene rings is 1. The molecule has 0 aromatic heterocycles. The Balaban J connectivity index is 1.99. The van der Waals surface area contributed by atoms with Crippen LogP contribution in [0.5, 0.6) is 0 Å². The first-order valence-corrected chi connectivity index (χ1v) is 5.63. The van der Waals surface area contributed by atoms with Crippen LogP contribution >= 0.6 is 0 Å². The first-order valence-electron chi connectivity index (χ1n) is 5.63. The Hall–Kier alpha value is -1.37. The van der Waals surface area contributed by atoms with E-state index in [2.05, 4.69) is 35.2 Å². The van der Waals surface area contributed by atoms with Crippen molar-refractivity contribution in [2.75, 3.05) is 19.8 Å². The lowest BCUT2D eigenvalue weighted by Gasteiger charge is -2.34. The van der Waals surface area contributed by atoms with E-state index in [0.29, 0.717) is 13.0 Å². The summed E-state index contributed by atoms with van der Waals surface area (Å²) in [4.78, 5) is 2.34. The molecule has 0 saturated carbocycles. The topological polar surface area (TPSA) is 36.3 Å². The second-order valence-corrected chi connectivity index (χ2v) is 4.05. The van der Waals surface area contributed by atoms with E-state index < -0.39 is 0 Å².